The van der Waals surface area contributed by atoms with Crippen LogP contribution in [0.5, 0.6) is 5.75 Å². The fourth-order valence-electron chi connectivity index (χ4n) is 3.33. The van der Waals surface area contributed by atoms with Gasteiger partial charge in [-0.15, -0.1) is 0 Å². The lowest BCUT2D eigenvalue weighted by Gasteiger charge is -2.18. The van der Waals surface area contributed by atoms with E-state index in [0.29, 0.717) is 11.4 Å². The summed E-state index contributed by atoms with van der Waals surface area (Å²) in [4.78, 5) is 21.8. The van der Waals surface area contributed by atoms with E-state index in [4.69, 9.17) is 9.97 Å². The number of amides is 1. The predicted octanol–water partition coefficient (Wildman–Crippen LogP) is 3.97. The van der Waals surface area contributed by atoms with Crippen molar-refractivity contribution in [2.45, 2.75) is 30.7 Å². The maximum absolute atomic E-state index is 12.3. The lowest BCUT2D eigenvalue weighted by atomic mass is 9.97. The van der Waals surface area contributed by atoms with Gasteiger partial charge in [0.05, 0.1) is 12.0 Å². The Hall–Kier alpha value is -3.19. The van der Waals surface area contributed by atoms with Crippen LogP contribution in [0, 0.1) is 0 Å². The largest absolute Gasteiger partial charge is 0.507 e. The van der Waals surface area contributed by atoms with Crippen molar-refractivity contribution in [2.24, 2.45) is 5.10 Å². The average molecular weight is 419 g/mol. The molecule has 1 aliphatic rings. The second kappa shape index (κ2) is 9.54. The smallest absolute Gasteiger partial charge is 0.250 e. The van der Waals surface area contributed by atoms with Crippen molar-refractivity contribution in [1.82, 2.24) is 15.4 Å². The van der Waals surface area contributed by atoms with Crippen molar-refractivity contribution in [3.63, 3.8) is 0 Å². The van der Waals surface area contributed by atoms with Gasteiger partial charge in [0.1, 0.15) is 10.8 Å². The van der Waals surface area contributed by atoms with Gasteiger partial charge in [0, 0.05) is 22.4 Å². The van der Waals surface area contributed by atoms with Crippen LogP contribution >= 0.6 is 11.8 Å². The van der Waals surface area contributed by atoms with Crippen molar-refractivity contribution in [3.8, 4) is 17.1 Å². The highest BCUT2D eigenvalue weighted by Gasteiger charge is 2.19. The Morgan fingerprint density at radius 1 is 1.07 bits per heavy atom. The van der Waals surface area contributed by atoms with Crippen LogP contribution in [0.1, 0.15) is 29.7 Å². The van der Waals surface area contributed by atoms with Crippen molar-refractivity contribution < 1.29 is 9.90 Å². The SMILES string of the molecule is O=C(CSc1nc(-c2ccccc2)nc2c1CCCC2)NN=Cc1ccccc1O. The molecule has 0 aliphatic heterocycles. The molecule has 0 bridgehead atoms. The summed E-state index contributed by atoms with van der Waals surface area (Å²) in [6.07, 6.45) is 5.57. The number of fused-ring (bicyclic) bond motifs is 1. The first-order valence-electron chi connectivity index (χ1n) is 9.88. The third-order valence-corrected chi connectivity index (χ3v) is 5.86. The minimum absolute atomic E-state index is 0.117. The first-order chi connectivity index (χ1) is 14.7. The molecule has 0 saturated carbocycles. The Morgan fingerprint density at radius 2 is 1.83 bits per heavy atom. The van der Waals surface area contributed by atoms with Crippen molar-refractivity contribution in [2.75, 3.05) is 5.75 Å². The van der Waals surface area contributed by atoms with E-state index in [0.717, 1.165) is 47.5 Å². The van der Waals surface area contributed by atoms with Gasteiger partial charge >= 0.3 is 0 Å². The van der Waals surface area contributed by atoms with Gasteiger partial charge in [-0.1, -0.05) is 54.2 Å². The number of aryl methyl sites for hydroxylation is 1. The topological polar surface area (TPSA) is 87.5 Å². The molecule has 0 radical (unpaired) electrons. The van der Waals surface area contributed by atoms with Crippen LogP contribution in [-0.4, -0.2) is 32.9 Å². The number of aromatic nitrogens is 2. The third kappa shape index (κ3) is 4.86. The summed E-state index contributed by atoms with van der Waals surface area (Å²) in [7, 11) is 0. The normalized spacial score (nSPS) is 13.2. The standard InChI is InChI=1S/C23H22N4O2S/c28-20-13-7-4-10-17(20)14-24-27-21(29)15-30-23-18-11-5-6-12-19(18)25-22(26-23)16-8-2-1-3-9-16/h1-4,7-10,13-14,28H,5-6,11-12,15H2,(H,27,29). The molecular formula is C23H22N4O2S. The molecule has 4 rings (SSSR count). The van der Waals surface area contributed by atoms with Crippen LogP contribution in [0.15, 0.2) is 64.7 Å². The van der Waals surface area contributed by atoms with Gasteiger partial charge in [0.25, 0.3) is 0 Å². The number of hydrogen-bond acceptors (Lipinski definition) is 6. The molecular weight excluding hydrogens is 396 g/mol. The molecule has 1 heterocycles. The van der Waals surface area contributed by atoms with E-state index in [1.807, 2.05) is 30.3 Å². The molecule has 2 aromatic carbocycles. The van der Waals surface area contributed by atoms with Crippen LogP contribution < -0.4 is 5.43 Å². The number of phenols is 1. The van der Waals surface area contributed by atoms with E-state index >= 15 is 0 Å². The summed E-state index contributed by atoms with van der Waals surface area (Å²) in [5.41, 5.74) is 6.29. The maximum Gasteiger partial charge on any atom is 0.250 e. The van der Waals surface area contributed by atoms with Crippen molar-refractivity contribution >= 4 is 23.9 Å². The van der Waals surface area contributed by atoms with E-state index < -0.39 is 0 Å². The van der Waals surface area contributed by atoms with Crippen LogP contribution in [0.25, 0.3) is 11.4 Å². The summed E-state index contributed by atoms with van der Waals surface area (Å²) in [6.45, 7) is 0. The van der Waals surface area contributed by atoms with E-state index in [2.05, 4.69) is 10.5 Å². The van der Waals surface area contributed by atoms with Crippen LogP contribution in [0.3, 0.4) is 0 Å². The zero-order valence-corrected chi connectivity index (χ0v) is 17.2. The molecule has 30 heavy (non-hydrogen) atoms. The Balaban J connectivity index is 1.46. The van der Waals surface area contributed by atoms with Gasteiger partial charge in [-0.25, -0.2) is 15.4 Å². The van der Waals surface area contributed by atoms with E-state index in [9.17, 15) is 9.90 Å². The van der Waals surface area contributed by atoms with Gasteiger partial charge < -0.3 is 5.11 Å². The Morgan fingerprint density at radius 3 is 2.67 bits per heavy atom. The molecule has 0 saturated heterocycles. The van der Waals surface area contributed by atoms with Crippen LogP contribution in [-0.2, 0) is 17.6 Å². The summed E-state index contributed by atoms with van der Waals surface area (Å²) >= 11 is 1.41. The number of para-hydroxylation sites is 1. The quantitative estimate of drug-likeness (QED) is 0.274. The number of phenolic OH excluding ortho intramolecular Hbond substituents is 1. The van der Waals surface area contributed by atoms with E-state index in [-0.39, 0.29) is 17.4 Å². The highest BCUT2D eigenvalue weighted by molar-refractivity contribution is 7.99. The van der Waals surface area contributed by atoms with Gasteiger partial charge in [-0.2, -0.15) is 5.10 Å². The first-order valence-corrected chi connectivity index (χ1v) is 10.9. The number of carbonyl (C=O) groups is 1. The Kier molecular flexibility index (Phi) is 6.39. The average Bonchev–Trinajstić information content (AvgIpc) is 2.79. The number of hydrogen-bond donors (Lipinski definition) is 2. The van der Waals surface area contributed by atoms with Crippen LogP contribution in [0.2, 0.25) is 0 Å². The fraction of sp³-hybridized carbons (Fsp3) is 0.217. The fourth-order valence-corrected chi connectivity index (χ4v) is 4.21. The second-order valence-electron chi connectivity index (χ2n) is 6.99. The molecule has 0 unspecified atom stereocenters. The van der Waals surface area contributed by atoms with Gasteiger partial charge in [0.15, 0.2) is 5.82 Å². The lowest BCUT2D eigenvalue weighted by molar-refractivity contribution is -0.118. The maximum atomic E-state index is 12.3. The Bertz CT molecular complexity index is 1070. The zero-order valence-electron chi connectivity index (χ0n) is 16.4. The number of nitrogens with zero attached hydrogens (tertiary/aromatic N) is 3. The molecule has 7 heteroatoms. The number of benzene rings is 2. The van der Waals surface area contributed by atoms with Crippen LogP contribution in [0.4, 0.5) is 0 Å². The predicted molar refractivity (Wildman–Crippen MR) is 119 cm³/mol. The molecule has 152 valence electrons. The molecule has 6 nitrogen and oxygen atoms in total. The van der Waals surface area contributed by atoms with Crippen molar-refractivity contribution in [3.05, 3.63) is 71.4 Å². The summed E-state index contributed by atoms with van der Waals surface area (Å²) < 4.78 is 0. The molecule has 1 aromatic heterocycles. The number of nitrogens with one attached hydrogen (secondary N) is 1. The number of thioether (sulfide) groups is 1. The molecule has 2 N–H and O–H groups in total. The monoisotopic (exact) mass is 418 g/mol. The van der Waals surface area contributed by atoms with Gasteiger partial charge in [-0.05, 0) is 37.8 Å². The molecule has 0 fully saturated rings. The number of carbonyl (C=O) groups excluding carboxylic acids is 1. The zero-order chi connectivity index (χ0) is 20.8. The number of hydrazone groups is 1. The highest BCUT2D eigenvalue weighted by atomic mass is 32.2. The number of aromatic hydroxyl groups is 1. The summed E-state index contributed by atoms with van der Waals surface area (Å²) in [5.74, 6) is 0.800. The first kappa shape index (κ1) is 20.1. The van der Waals surface area contributed by atoms with Crippen molar-refractivity contribution in [1.29, 1.82) is 0 Å². The lowest BCUT2D eigenvalue weighted by Crippen LogP contribution is -2.20. The minimum Gasteiger partial charge on any atom is -0.507 e. The Labute approximate surface area is 179 Å². The highest BCUT2D eigenvalue weighted by Crippen LogP contribution is 2.31. The minimum atomic E-state index is -0.226. The number of rotatable bonds is 6. The molecule has 1 aliphatic carbocycles. The second-order valence-corrected chi connectivity index (χ2v) is 7.96. The van der Waals surface area contributed by atoms with E-state index in [1.165, 1.54) is 18.0 Å². The molecule has 0 atom stereocenters. The van der Waals surface area contributed by atoms with E-state index in [1.54, 1.807) is 24.3 Å². The van der Waals surface area contributed by atoms with Gasteiger partial charge in [0.2, 0.25) is 5.91 Å². The molecule has 3 aromatic rings. The third-order valence-electron chi connectivity index (χ3n) is 4.85. The molecule has 0 spiro atoms. The van der Waals surface area contributed by atoms with Gasteiger partial charge in [-0.3, -0.25) is 4.79 Å². The summed E-state index contributed by atoms with van der Waals surface area (Å²) in [6, 6.07) is 16.7. The summed E-state index contributed by atoms with van der Waals surface area (Å²) in [5, 5.41) is 14.5. The molecule has 1 amide bonds.